The summed E-state index contributed by atoms with van der Waals surface area (Å²) in [6.07, 6.45) is 3.46. The largest absolute Gasteiger partial charge is 0.491 e. The minimum Gasteiger partial charge on any atom is -0.491 e. The Morgan fingerprint density at radius 3 is 2.82 bits per heavy atom. The molecular weight excluding hydrogens is 350 g/mol. The van der Waals surface area contributed by atoms with E-state index < -0.39 is 0 Å². The van der Waals surface area contributed by atoms with Crippen LogP contribution in [0.15, 0.2) is 48.9 Å². The van der Waals surface area contributed by atoms with Crippen molar-refractivity contribution in [3.8, 4) is 16.9 Å². The highest BCUT2D eigenvalue weighted by atomic mass is 16.5. The Kier molecular flexibility index (Phi) is 3.97. The second-order valence-corrected chi connectivity index (χ2v) is 7.18. The first-order chi connectivity index (χ1) is 13.7. The smallest absolute Gasteiger partial charge is 0.135 e. The Morgan fingerprint density at radius 1 is 1.07 bits per heavy atom. The molecule has 0 radical (unpaired) electrons. The molecule has 4 aromatic rings. The van der Waals surface area contributed by atoms with Gasteiger partial charge < -0.3 is 14.6 Å². The van der Waals surface area contributed by atoms with Gasteiger partial charge in [0.1, 0.15) is 30.3 Å². The van der Waals surface area contributed by atoms with Crippen LogP contribution in [0.5, 0.6) is 5.75 Å². The van der Waals surface area contributed by atoms with Crippen LogP contribution < -0.4 is 9.64 Å². The predicted molar refractivity (Wildman–Crippen MR) is 110 cm³/mol. The second kappa shape index (κ2) is 6.64. The molecule has 0 atom stereocenters. The van der Waals surface area contributed by atoms with Crippen molar-refractivity contribution < 1.29 is 4.74 Å². The van der Waals surface area contributed by atoms with Gasteiger partial charge in [0.05, 0.1) is 17.6 Å². The number of fused-ring (bicyclic) bond motifs is 2. The minimum atomic E-state index is 0.634. The molecule has 0 unspecified atom stereocenters. The van der Waals surface area contributed by atoms with Crippen molar-refractivity contribution in [3.05, 3.63) is 65.9 Å². The standard InChI is InChI=1S/C22H21N5O/c1-14-11-23-13-24-22(14)27-7-8-28-21-6-4-16(9-18(21)12-27)17-3-5-19-20(10-17)26-15(2)25-19/h3-6,9-11,13H,7-8,12H2,1-2H3,(H,25,26). The number of H-pyrrole nitrogens is 1. The van der Waals surface area contributed by atoms with E-state index in [2.05, 4.69) is 61.2 Å². The van der Waals surface area contributed by atoms with Crippen molar-refractivity contribution in [1.82, 2.24) is 19.9 Å². The summed E-state index contributed by atoms with van der Waals surface area (Å²) in [5.41, 5.74) is 6.60. The zero-order valence-corrected chi connectivity index (χ0v) is 15.9. The highest BCUT2D eigenvalue weighted by Gasteiger charge is 2.19. The lowest BCUT2D eigenvalue weighted by atomic mass is 10.0. The van der Waals surface area contributed by atoms with E-state index in [9.17, 15) is 0 Å². The molecular formula is C22H21N5O. The van der Waals surface area contributed by atoms with Crippen LogP contribution in [0.2, 0.25) is 0 Å². The first kappa shape index (κ1) is 16.7. The maximum Gasteiger partial charge on any atom is 0.135 e. The summed E-state index contributed by atoms with van der Waals surface area (Å²) in [5, 5.41) is 0. The van der Waals surface area contributed by atoms with Crippen molar-refractivity contribution in [2.75, 3.05) is 18.1 Å². The summed E-state index contributed by atoms with van der Waals surface area (Å²) < 4.78 is 6.00. The first-order valence-electron chi connectivity index (χ1n) is 9.41. The van der Waals surface area contributed by atoms with Gasteiger partial charge in [-0.25, -0.2) is 15.0 Å². The quantitative estimate of drug-likeness (QED) is 0.576. The number of nitrogens with one attached hydrogen (secondary N) is 1. The lowest BCUT2D eigenvalue weighted by Crippen LogP contribution is -2.27. The number of aromatic amines is 1. The lowest BCUT2D eigenvalue weighted by Gasteiger charge is -2.22. The summed E-state index contributed by atoms with van der Waals surface area (Å²) in [4.78, 5) is 18.7. The molecule has 0 spiro atoms. The number of imidazole rings is 1. The Hall–Kier alpha value is -3.41. The van der Waals surface area contributed by atoms with Crippen molar-refractivity contribution >= 4 is 16.9 Å². The van der Waals surface area contributed by atoms with Crippen LogP contribution in [0.25, 0.3) is 22.2 Å². The summed E-state index contributed by atoms with van der Waals surface area (Å²) in [7, 11) is 0. The Bertz CT molecular complexity index is 1170. The predicted octanol–water partition coefficient (Wildman–Crippen LogP) is 4.04. The molecule has 0 aliphatic carbocycles. The van der Waals surface area contributed by atoms with Crippen LogP contribution in [0.4, 0.5) is 5.82 Å². The molecule has 0 saturated carbocycles. The number of anilines is 1. The van der Waals surface area contributed by atoms with E-state index in [4.69, 9.17) is 4.74 Å². The second-order valence-electron chi connectivity index (χ2n) is 7.18. The maximum absolute atomic E-state index is 6.00. The van der Waals surface area contributed by atoms with Crippen LogP contribution >= 0.6 is 0 Å². The van der Waals surface area contributed by atoms with Crippen LogP contribution in [0.1, 0.15) is 17.0 Å². The summed E-state index contributed by atoms with van der Waals surface area (Å²) in [5.74, 6) is 2.83. The van der Waals surface area contributed by atoms with E-state index in [0.29, 0.717) is 6.61 Å². The van der Waals surface area contributed by atoms with E-state index in [1.807, 2.05) is 20.0 Å². The van der Waals surface area contributed by atoms with Gasteiger partial charge in [0, 0.05) is 23.9 Å². The van der Waals surface area contributed by atoms with E-state index in [1.54, 1.807) is 6.33 Å². The van der Waals surface area contributed by atoms with E-state index in [-0.39, 0.29) is 0 Å². The molecule has 3 heterocycles. The number of aromatic nitrogens is 4. The topological polar surface area (TPSA) is 66.9 Å². The number of hydrogen-bond acceptors (Lipinski definition) is 5. The monoisotopic (exact) mass is 371 g/mol. The molecule has 6 heteroatoms. The molecule has 2 aromatic carbocycles. The molecule has 140 valence electrons. The van der Waals surface area contributed by atoms with Crippen molar-refractivity contribution in [1.29, 1.82) is 0 Å². The molecule has 0 saturated heterocycles. The lowest BCUT2D eigenvalue weighted by molar-refractivity contribution is 0.331. The van der Waals surface area contributed by atoms with Crippen molar-refractivity contribution in [2.24, 2.45) is 0 Å². The third-order valence-corrected chi connectivity index (χ3v) is 5.14. The molecule has 1 N–H and O–H groups in total. The van der Waals surface area contributed by atoms with E-state index in [0.717, 1.165) is 63.8 Å². The van der Waals surface area contributed by atoms with E-state index >= 15 is 0 Å². The van der Waals surface area contributed by atoms with Crippen molar-refractivity contribution in [3.63, 3.8) is 0 Å². The number of nitrogens with zero attached hydrogens (tertiary/aromatic N) is 4. The van der Waals surface area contributed by atoms with Crippen LogP contribution in [-0.4, -0.2) is 33.1 Å². The van der Waals surface area contributed by atoms with Gasteiger partial charge in [-0.1, -0.05) is 12.1 Å². The summed E-state index contributed by atoms with van der Waals surface area (Å²) in [6.45, 7) is 6.20. The summed E-state index contributed by atoms with van der Waals surface area (Å²) >= 11 is 0. The average Bonchev–Trinajstić information content (AvgIpc) is 2.94. The third-order valence-electron chi connectivity index (χ3n) is 5.14. The van der Waals surface area contributed by atoms with Crippen LogP contribution in [0, 0.1) is 13.8 Å². The molecule has 5 rings (SSSR count). The highest BCUT2D eigenvalue weighted by molar-refractivity contribution is 5.82. The van der Waals surface area contributed by atoms with Gasteiger partial charge in [0.25, 0.3) is 0 Å². The zero-order valence-electron chi connectivity index (χ0n) is 15.9. The number of rotatable bonds is 2. The van der Waals surface area contributed by atoms with Crippen LogP contribution in [-0.2, 0) is 6.54 Å². The van der Waals surface area contributed by atoms with E-state index in [1.165, 1.54) is 0 Å². The number of hydrogen-bond donors (Lipinski definition) is 1. The number of ether oxygens (including phenoxy) is 1. The maximum atomic E-state index is 6.00. The fourth-order valence-corrected chi connectivity index (χ4v) is 3.80. The fourth-order valence-electron chi connectivity index (χ4n) is 3.80. The number of benzene rings is 2. The third kappa shape index (κ3) is 2.97. The highest BCUT2D eigenvalue weighted by Crippen LogP contribution is 2.32. The molecule has 0 bridgehead atoms. The molecule has 0 fully saturated rings. The molecule has 0 amide bonds. The summed E-state index contributed by atoms with van der Waals surface area (Å²) in [6, 6.07) is 12.7. The minimum absolute atomic E-state index is 0.634. The molecule has 1 aliphatic heterocycles. The molecule has 1 aliphatic rings. The van der Waals surface area contributed by atoms with Gasteiger partial charge >= 0.3 is 0 Å². The zero-order chi connectivity index (χ0) is 19.1. The van der Waals surface area contributed by atoms with Gasteiger partial charge in [0.15, 0.2) is 0 Å². The van der Waals surface area contributed by atoms with Crippen LogP contribution in [0.3, 0.4) is 0 Å². The van der Waals surface area contributed by atoms with Gasteiger partial charge in [0.2, 0.25) is 0 Å². The molecule has 2 aromatic heterocycles. The molecule has 6 nitrogen and oxygen atoms in total. The van der Waals surface area contributed by atoms with Gasteiger partial charge in [-0.05, 0) is 49.2 Å². The Labute approximate surface area is 163 Å². The normalized spacial score (nSPS) is 13.9. The van der Waals surface area contributed by atoms with Gasteiger partial charge in [-0.3, -0.25) is 0 Å². The number of aryl methyl sites for hydroxylation is 2. The first-order valence-corrected chi connectivity index (χ1v) is 9.41. The average molecular weight is 371 g/mol. The Morgan fingerprint density at radius 2 is 1.93 bits per heavy atom. The SMILES string of the molecule is Cc1nc2ccc(-c3ccc4c(c3)CN(c3ncncc3C)CCO4)cc2[nH]1. The van der Waals surface area contributed by atoms with Gasteiger partial charge in [-0.2, -0.15) is 0 Å². The molecule has 28 heavy (non-hydrogen) atoms. The van der Waals surface area contributed by atoms with Gasteiger partial charge in [-0.15, -0.1) is 0 Å². The Balaban J connectivity index is 1.52. The fraction of sp³-hybridized carbons (Fsp3) is 0.227. The van der Waals surface area contributed by atoms with Crippen molar-refractivity contribution in [2.45, 2.75) is 20.4 Å².